The van der Waals surface area contributed by atoms with Crippen LogP contribution in [-0.4, -0.2) is 19.9 Å². The van der Waals surface area contributed by atoms with E-state index in [0.717, 1.165) is 95.0 Å². The third-order valence-corrected chi connectivity index (χ3v) is 9.14. The van der Waals surface area contributed by atoms with E-state index >= 15 is 0 Å². The minimum absolute atomic E-state index is 0.721. The van der Waals surface area contributed by atoms with Gasteiger partial charge in [-0.2, -0.15) is 0 Å². The molecule has 232 valence electrons. The molecule has 0 aliphatic carbocycles. The average Bonchev–Trinajstić information content (AvgIpc) is 3.98. The van der Waals surface area contributed by atoms with Gasteiger partial charge in [0.1, 0.15) is 0 Å². The zero-order valence-corrected chi connectivity index (χ0v) is 26.6. The van der Waals surface area contributed by atoms with E-state index in [9.17, 15) is 0 Å². The highest BCUT2D eigenvalue weighted by atomic mass is 14.8. The smallest absolute Gasteiger partial charge is 0.0738 e. The number of hydrogen-bond acceptors (Lipinski definition) is 3. The average molecular weight is 630 g/mol. The first-order valence-electron chi connectivity index (χ1n) is 16.4. The minimum atomic E-state index is 0.721. The first-order chi connectivity index (χ1) is 24.2. The van der Waals surface area contributed by atoms with E-state index in [0.29, 0.717) is 0 Å². The van der Waals surface area contributed by atoms with Crippen molar-refractivity contribution < 1.29 is 0 Å². The van der Waals surface area contributed by atoms with Gasteiger partial charge in [0.2, 0.25) is 0 Å². The van der Waals surface area contributed by atoms with Crippen LogP contribution in [0.5, 0.6) is 0 Å². The Morgan fingerprint density at radius 3 is 1.06 bits per heavy atom. The molecule has 3 aromatic heterocycles. The molecular weight excluding hydrogens is 599 g/mol. The Kier molecular flexibility index (Phi) is 6.87. The lowest BCUT2D eigenvalue weighted by molar-refractivity contribution is 1.28. The summed E-state index contributed by atoms with van der Waals surface area (Å²) in [5.74, 6) is 0. The largest absolute Gasteiger partial charge is 0.399 e. The second-order valence-corrected chi connectivity index (χ2v) is 12.2. The molecule has 0 unspecified atom stereocenters. The normalized spacial score (nSPS) is 12.0. The van der Waals surface area contributed by atoms with Crippen molar-refractivity contribution in [3.8, 4) is 44.5 Å². The second kappa shape index (κ2) is 11.8. The summed E-state index contributed by atoms with van der Waals surface area (Å²) >= 11 is 0. The van der Waals surface area contributed by atoms with E-state index in [2.05, 4.69) is 143 Å². The van der Waals surface area contributed by atoms with Crippen LogP contribution >= 0.6 is 0 Å². The van der Waals surface area contributed by atoms with Crippen LogP contribution in [0.4, 0.5) is 5.69 Å². The summed E-state index contributed by atoms with van der Waals surface area (Å²) < 4.78 is 0. The summed E-state index contributed by atoms with van der Waals surface area (Å²) in [6.07, 6.45) is 8.46. The van der Waals surface area contributed by atoms with Crippen molar-refractivity contribution in [3.63, 3.8) is 0 Å². The van der Waals surface area contributed by atoms with Gasteiger partial charge in [-0.05, 0) is 83.0 Å². The summed E-state index contributed by atoms with van der Waals surface area (Å²) in [5, 5.41) is 0. The van der Waals surface area contributed by atoms with Crippen LogP contribution in [0.3, 0.4) is 0 Å². The molecule has 0 fully saturated rings. The van der Waals surface area contributed by atoms with Gasteiger partial charge in [-0.3, -0.25) is 0 Å². The monoisotopic (exact) mass is 629 g/mol. The highest BCUT2D eigenvalue weighted by Gasteiger charge is 2.19. The van der Waals surface area contributed by atoms with E-state index in [-0.39, 0.29) is 0 Å². The van der Waals surface area contributed by atoms with Gasteiger partial charge in [-0.1, -0.05) is 103 Å². The molecule has 5 heterocycles. The van der Waals surface area contributed by atoms with Crippen LogP contribution in [0.25, 0.3) is 90.9 Å². The number of benzene rings is 4. The fourth-order valence-corrected chi connectivity index (χ4v) is 6.88. The molecule has 0 amide bonds. The Morgan fingerprint density at radius 2 is 0.653 bits per heavy atom. The standard InChI is InChI=1S/C44H31N5/c45-32-18-16-31(17-19-32)44-39-26-24-37(48-39)42(29-12-6-2-7-13-29)35-22-20-33(46-35)41(28-10-4-1-5-11-28)34-21-23-36(47-34)43(30-14-8-3-9-15-30)38-25-27-40(44)49-38/h1-27,48-49H,45H2. The van der Waals surface area contributed by atoms with Crippen molar-refractivity contribution in [2.45, 2.75) is 0 Å². The Labute approximate surface area is 283 Å². The third kappa shape index (κ3) is 5.14. The molecule has 4 N–H and O–H groups in total. The van der Waals surface area contributed by atoms with Crippen LogP contribution in [0.2, 0.25) is 0 Å². The first kappa shape index (κ1) is 28.5. The zero-order chi connectivity index (χ0) is 32.7. The first-order valence-corrected chi connectivity index (χ1v) is 16.4. The minimum Gasteiger partial charge on any atom is -0.399 e. The van der Waals surface area contributed by atoms with Crippen LogP contribution in [-0.2, 0) is 0 Å². The number of hydrogen-bond donors (Lipinski definition) is 3. The van der Waals surface area contributed by atoms with Crippen LogP contribution in [0, 0.1) is 0 Å². The van der Waals surface area contributed by atoms with Crippen LogP contribution < -0.4 is 5.73 Å². The SMILES string of the molecule is Nc1ccc(-c2c3ccc([nH]3)c(-c3ccccc3)c3nc(c(-c4ccccc4)c4nc(c(-c5ccccc5)c5ccc2[nH]5)C=C4)C=C3)cc1. The summed E-state index contributed by atoms with van der Waals surface area (Å²) in [5.41, 5.74) is 22.6. The summed E-state index contributed by atoms with van der Waals surface area (Å²) in [4.78, 5) is 18.3. The van der Waals surface area contributed by atoms with Gasteiger partial charge in [0, 0.05) is 50.0 Å². The maximum Gasteiger partial charge on any atom is 0.0738 e. The van der Waals surface area contributed by atoms with Gasteiger partial charge < -0.3 is 15.7 Å². The lowest BCUT2D eigenvalue weighted by atomic mass is 10.0. The van der Waals surface area contributed by atoms with Crippen LogP contribution in [0.15, 0.2) is 140 Å². The van der Waals surface area contributed by atoms with Gasteiger partial charge >= 0.3 is 0 Å². The Balaban J connectivity index is 1.48. The number of fused-ring (bicyclic) bond motifs is 8. The number of nitrogen functional groups attached to an aromatic ring is 1. The molecule has 7 aromatic rings. The fourth-order valence-electron chi connectivity index (χ4n) is 6.88. The highest BCUT2D eigenvalue weighted by molar-refractivity contribution is 6.00. The van der Waals surface area contributed by atoms with Crippen LogP contribution in [0.1, 0.15) is 22.8 Å². The summed E-state index contributed by atoms with van der Waals surface area (Å²) in [6, 6.07) is 48.0. The molecule has 4 aromatic carbocycles. The second-order valence-electron chi connectivity index (χ2n) is 12.2. The van der Waals surface area contributed by atoms with Gasteiger partial charge in [-0.15, -0.1) is 0 Å². The molecule has 2 aliphatic heterocycles. The predicted molar refractivity (Wildman–Crippen MR) is 205 cm³/mol. The van der Waals surface area contributed by atoms with Crippen molar-refractivity contribution in [3.05, 3.63) is 162 Å². The number of nitrogens with zero attached hydrogens (tertiary/aromatic N) is 2. The third-order valence-electron chi connectivity index (χ3n) is 9.14. The Hall–Kier alpha value is -6.72. The van der Waals surface area contributed by atoms with Gasteiger partial charge in [0.05, 0.1) is 22.8 Å². The number of aromatic amines is 2. The highest BCUT2D eigenvalue weighted by Crippen LogP contribution is 2.38. The quantitative estimate of drug-likeness (QED) is 0.169. The summed E-state index contributed by atoms with van der Waals surface area (Å²) in [6.45, 7) is 0. The van der Waals surface area contributed by atoms with Gasteiger partial charge in [0.15, 0.2) is 0 Å². The summed E-state index contributed by atoms with van der Waals surface area (Å²) in [7, 11) is 0. The van der Waals surface area contributed by atoms with Crippen molar-refractivity contribution in [2.75, 3.05) is 5.73 Å². The Bertz CT molecular complexity index is 2440. The maximum atomic E-state index is 6.15. The molecule has 9 rings (SSSR count). The number of rotatable bonds is 4. The molecule has 0 spiro atoms. The fraction of sp³-hybridized carbons (Fsp3) is 0. The molecule has 0 atom stereocenters. The zero-order valence-electron chi connectivity index (χ0n) is 26.6. The van der Waals surface area contributed by atoms with Crippen molar-refractivity contribution >= 4 is 52.1 Å². The molecule has 0 saturated carbocycles. The number of H-pyrrole nitrogens is 2. The number of anilines is 1. The maximum absolute atomic E-state index is 6.15. The Morgan fingerprint density at radius 1 is 0.327 bits per heavy atom. The molecule has 5 nitrogen and oxygen atoms in total. The molecule has 0 radical (unpaired) electrons. The van der Waals surface area contributed by atoms with Crippen molar-refractivity contribution in [2.24, 2.45) is 0 Å². The molecule has 49 heavy (non-hydrogen) atoms. The molecule has 8 bridgehead atoms. The molecule has 0 saturated heterocycles. The topological polar surface area (TPSA) is 83.4 Å². The van der Waals surface area contributed by atoms with E-state index in [1.165, 1.54) is 0 Å². The van der Waals surface area contributed by atoms with Crippen molar-refractivity contribution in [1.82, 2.24) is 19.9 Å². The van der Waals surface area contributed by atoms with E-state index in [1.54, 1.807) is 0 Å². The van der Waals surface area contributed by atoms with E-state index in [4.69, 9.17) is 15.7 Å². The molecule has 2 aliphatic rings. The van der Waals surface area contributed by atoms with Crippen molar-refractivity contribution in [1.29, 1.82) is 0 Å². The van der Waals surface area contributed by atoms with Gasteiger partial charge in [-0.25, -0.2) is 9.97 Å². The number of aromatic nitrogens is 4. The molecular formula is C44H31N5. The molecule has 5 heteroatoms. The van der Waals surface area contributed by atoms with E-state index < -0.39 is 0 Å². The lowest BCUT2D eigenvalue weighted by Crippen LogP contribution is -1.91. The van der Waals surface area contributed by atoms with E-state index in [1.807, 2.05) is 30.3 Å². The number of nitrogens with two attached hydrogens (primary N) is 1. The lowest BCUT2D eigenvalue weighted by Gasteiger charge is -2.07. The number of nitrogens with one attached hydrogen (secondary N) is 2. The predicted octanol–water partition coefficient (Wildman–Crippen LogP) is 10.9. The van der Waals surface area contributed by atoms with Gasteiger partial charge in [0.25, 0.3) is 0 Å².